The molecule has 0 radical (unpaired) electrons. The lowest BCUT2D eigenvalue weighted by atomic mass is 9.94. The quantitative estimate of drug-likeness (QED) is 0.716. The zero-order valence-corrected chi connectivity index (χ0v) is 14.3. The summed E-state index contributed by atoms with van der Waals surface area (Å²) >= 11 is 5.99. The average molecular weight is 347 g/mol. The van der Waals surface area contributed by atoms with Crippen LogP contribution in [-0.2, 0) is 6.54 Å². The molecule has 1 fully saturated rings. The standard InChI is InChI=1S/C18H23ClN4O/c19-17-5-3-15(4-6-17)18-16(11-21-22-18)13-23(8-9-24)12-14-2-1-7-20-10-14/h1-7,10,16,18,21-22,24H,8-9,11-13H2. The Morgan fingerprint density at radius 3 is 2.79 bits per heavy atom. The third kappa shape index (κ3) is 4.53. The van der Waals surface area contributed by atoms with Gasteiger partial charge in [0.15, 0.2) is 0 Å². The van der Waals surface area contributed by atoms with Crippen molar-refractivity contribution in [2.24, 2.45) is 5.92 Å². The summed E-state index contributed by atoms with van der Waals surface area (Å²) in [4.78, 5) is 6.45. The lowest BCUT2D eigenvalue weighted by molar-refractivity contribution is 0.167. The molecule has 3 rings (SSSR count). The first kappa shape index (κ1) is 17.3. The number of aliphatic hydroxyl groups excluding tert-OH is 1. The Morgan fingerprint density at radius 2 is 2.08 bits per heavy atom. The molecule has 2 aromatic rings. The fourth-order valence-corrected chi connectivity index (χ4v) is 3.32. The molecule has 1 aliphatic rings. The van der Waals surface area contributed by atoms with Crippen molar-refractivity contribution in [3.8, 4) is 0 Å². The van der Waals surface area contributed by atoms with Crippen molar-refractivity contribution in [3.63, 3.8) is 0 Å². The minimum atomic E-state index is 0.152. The molecular weight excluding hydrogens is 324 g/mol. The van der Waals surface area contributed by atoms with E-state index in [2.05, 4.69) is 38.9 Å². The number of aliphatic hydroxyl groups is 1. The molecule has 2 atom stereocenters. The Balaban J connectivity index is 1.67. The molecule has 0 saturated carbocycles. The minimum absolute atomic E-state index is 0.152. The van der Waals surface area contributed by atoms with Gasteiger partial charge in [-0.15, -0.1) is 0 Å². The zero-order chi connectivity index (χ0) is 16.8. The number of pyridine rings is 1. The maximum Gasteiger partial charge on any atom is 0.0558 e. The third-order valence-electron chi connectivity index (χ3n) is 4.36. The molecule has 1 aliphatic heterocycles. The molecule has 5 nitrogen and oxygen atoms in total. The summed E-state index contributed by atoms with van der Waals surface area (Å²) in [6, 6.07) is 12.2. The van der Waals surface area contributed by atoms with Crippen molar-refractivity contribution in [1.29, 1.82) is 0 Å². The van der Waals surface area contributed by atoms with Gasteiger partial charge in [0.05, 0.1) is 12.6 Å². The zero-order valence-electron chi connectivity index (χ0n) is 13.5. The van der Waals surface area contributed by atoms with Gasteiger partial charge >= 0.3 is 0 Å². The van der Waals surface area contributed by atoms with Crippen molar-refractivity contribution >= 4 is 11.6 Å². The molecule has 6 heteroatoms. The Morgan fingerprint density at radius 1 is 1.25 bits per heavy atom. The predicted octanol–water partition coefficient (Wildman–Crippen LogP) is 1.99. The van der Waals surface area contributed by atoms with E-state index in [4.69, 9.17) is 11.6 Å². The van der Waals surface area contributed by atoms with E-state index < -0.39 is 0 Å². The minimum Gasteiger partial charge on any atom is -0.395 e. The number of nitrogens with one attached hydrogen (secondary N) is 2. The number of hydrogen-bond donors (Lipinski definition) is 3. The highest BCUT2D eigenvalue weighted by atomic mass is 35.5. The van der Waals surface area contributed by atoms with Crippen LogP contribution in [0.25, 0.3) is 0 Å². The average Bonchev–Trinajstić information content (AvgIpc) is 3.05. The fourth-order valence-electron chi connectivity index (χ4n) is 3.19. The van der Waals surface area contributed by atoms with Crippen LogP contribution in [0.1, 0.15) is 17.2 Å². The molecule has 0 bridgehead atoms. The highest BCUT2D eigenvalue weighted by Crippen LogP contribution is 2.27. The monoisotopic (exact) mass is 346 g/mol. The summed E-state index contributed by atoms with van der Waals surface area (Å²) in [6.45, 7) is 3.38. The van der Waals surface area contributed by atoms with E-state index in [1.807, 2.05) is 24.4 Å². The summed E-state index contributed by atoms with van der Waals surface area (Å²) in [7, 11) is 0. The molecule has 0 spiro atoms. The van der Waals surface area contributed by atoms with Crippen LogP contribution in [0, 0.1) is 5.92 Å². The largest absolute Gasteiger partial charge is 0.395 e. The topological polar surface area (TPSA) is 60.4 Å². The van der Waals surface area contributed by atoms with E-state index in [-0.39, 0.29) is 12.6 Å². The molecule has 128 valence electrons. The molecular formula is C18H23ClN4O. The third-order valence-corrected chi connectivity index (χ3v) is 4.61. The van der Waals surface area contributed by atoms with E-state index >= 15 is 0 Å². The molecule has 3 N–H and O–H groups in total. The number of hydrogen-bond acceptors (Lipinski definition) is 5. The van der Waals surface area contributed by atoms with E-state index in [0.29, 0.717) is 12.5 Å². The Hall–Kier alpha value is -1.50. The van der Waals surface area contributed by atoms with Crippen molar-refractivity contribution in [2.75, 3.05) is 26.2 Å². The second-order valence-corrected chi connectivity index (χ2v) is 6.57. The van der Waals surface area contributed by atoms with Crippen molar-refractivity contribution < 1.29 is 5.11 Å². The highest BCUT2D eigenvalue weighted by molar-refractivity contribution is 6.30. The number of benzene rings is 1. The van der Waals surface area contributed by atoms with Gasteiger partial charge in [0.1, 0.15) is 0 Å². The smallest absolute Gasteiger partial charge is 0.0558 e. The van der Waals surface area contributed by atoms with Crippen LogP contribution in [0.15, 0.2) is 48.8 Å². The summed E-state index contributed by atoms with van der Waals surface area (Å²) in [6.07, 6.45) is 3.66. The molecule has 2 heterocycles. The van der Waals surface area contributed by atoms with E-state index in [1.165, 1.54) is 5.56 Å². The lowest BCUT2D eigenvalue weighted by Crippen LogP contribution is -2.34. The summed E-state index contributed by atoms with van der Waals surface area (Å²) in [5.74, 6) is 0.411. The fraction of sp³-hybridized carbons (Fsp3) is 0.389. The van der Waals surface area contributed by atoms with Gasteiger partial charge in [-0.2, -0.15) is 0 Å². The van der Waals surface area contributed by atoms with E-state index in [1.54, 1.807) is 6.20 Å². The van der Waals surface area contributed by atoms with Crippen molar-refractivity contribution in [2.45, 2.75) is 12.6 Å². The lowest BCUT2D eigenvalue weighted by Gasteiger charge is -2.27. The molecule has 24 heavy (non-hydrogen) atoms. The van der Waals surface area contributed by atoms with Gasteiger partial charge in [0.25, 0.3) is 0 Å². The SMILES string of the molecule is OCCN(Cc1cccnc1)CC1CNNC1c1ccc(Cl)cc1. The molecule has 1 aromatic heterocycles. The van der Waals surface area contributed by atoms with Crippen LogP contribution in [0.5, 0.6) is 0 Å². The first-order valence-electron chi connectivity index (χ1n) is 8.22. The summed E-state index contributed by atoms with van der Waals surface area (Å²) in [5.41, 5.74) is 9.00. The van der Waals surface area contributed by atoms with Crippen molar-refractivity contribution in [3.05, 3.63) is 64.9 Å². The maximum absolute atomic E-state index is 9.40. The van der Waals surface area contributed by atoms with Crippen LogP contribution in [0.2, 0.25) is 5.02 Å². The Bertz CT molecular complexity index is 623. The van der Waals surface area contributed by atoms with E-state index in [9.17, 15) is 5.11 Å². The molecule has 0 aliphatic carbocycles. The van der Waals surface area contributed by atoms with Gasteiger partial charge in [-0.1, -0.05) is 29.8 Å². The molecule has 0 amide bonds. The van der Waals surface area contributed by atoms with Crippen molar-refractivity contribution in [1.82, 2.24) is 20.7 Å². The number of nitrogens with zero attached hydrogens (tertiary/aromatic N) is 2. The van der Waals surface area contributed by atoms with Crippen LogP contribution in [-0.4, -0.2) is 41.2 Å². The Labute approximate surface area is 147 Å². The summed E-state index contributed by atoms with van der Waals surface area (Å²) < 4.78 is 0. The maximum atomic E-state index is 9.40. The highest BCUT2D eigenvalue weighted by Gasteiger charge is 2.29. The molecule has 1 aromatic carbocycles. The number of rotatable bonds is 7. The predicted molar refractivity (Wildman–Crippen MR) is 95.4 cm³/mol. The van der Waals surface area contributed by atoms with Gasteiger partial charge in [-0.25, -0.2) is 5.43 Å². The normalized spacial score (nSPS) is 20.6. The molecule has 2 unspecified atom stereocenters. The Kier molecular flexibility index (Phi) is 6.18. The first-order chi connectivity index (χ1) is 11.8. The van der Waals surface area contributed by atoms with Gasteiger partial charge in [-0.3, -0.25) is 15.3 Å². The first-order valence-corrected chi connectivity index (χ1v) is 8.60. The van der Waals surface area contributed by atoms with E-state index in [0.717, 1.165) is 30.2 Å². The number of halogens is 1. The van der Waals surface area contributed by atoms with Gasteiger partial charge < -0.3 is 5.11 Å². The number of hydrazine groups is 1. The van der Waals surface area contributed by atoms with Crippen LogP contribution in [0.4, 0.5) is 0 Å². The second kappa shape index (κ2) is 8.55. The number of aromatic nitrogens is 1. The van der Waals surface area contributed by atoms with Gasteiger partial charge in [0, 0.05) is 49.5 Å². The van der Waals surface area contributed by atoms with Crippen LogP contribution < -0.4 is 10.9 Å². The van der Waals surface area contributed by atoms with Gasteiger partial charge in [0.2, 0.25) is 0 Å². The summed E-state index contributed by atoms with van der Waals surface area (Å²) in [5, 5.41) is 10.1. The van der Waals surface area contributed by atoms with Crippen LogP contribution >= 0.6 is 11.6 Å². The van der Waals surface area contributed by atoms with Gasteiger partial charge in [-0.05, 0) is 29.3 Å². The van der Waals surface area contributed by atoms with Crippen LogP contribution in [0.3, 0.4) is 0 Å². The molecule has 1 saturated heterocycles. The second-order valence-electron chi connectivity index (χ2n) is 6.13.